The number of carbonyl (C=O) groups excluding carboxylic acids is 1. The van der Waals surface area contributed by atoms with Gasteiger partial charge in [0.1, 0.15) is 18.0 Å². The van der Waals surface area contributed by atoms with Crippen molar-refractivity contribution >= 4 is 27.8 Å². The molecule has 0 spiro atoms. The molecule has 32 heavy (non-hydrogen) atoms. The molecule has 3 aliphatic rings. The molecule has 0 amide bonds. The van der Waals surface area contributed by atoms with Crippen molar-refractivity contribution in [3.8, 4) is 17.2 Å². The van der Waals surface area contributed by atoms with Crippen LogP contribution in [0.25, 0.3) is 6.08 Å². The third-order valence-electron chi connectivity index (χ3n) is 6.39. The number of halogens is 1. The van der Waals surface area contributed by atoms with E-state index in [1.165, 1.54) is 17.4 Å². The molecule has 168 valence electrons. The van der Waals surface area contributed by atoms with Gasteiger partial charge in [-0.05, 0) is 30.7 Å². The number of rotatable bonds is 3. The summed E-state index contributed by atoms with van der Waals surface area (Å²) in [6.45, 7) is 7.75. The Labute approximate surface area is 195 Å². The summed E-state index contributed by atoms with van der Waals surface area (Å²) in [7, 11) is 0. The monoisotopic (exact) mass is 499 g/mol. The van der Waals surface area contributed by atoms with Crippen molar-refractivity contribution in [3.63, 3.8) is 0 Å². The maximum atomic E-state index is 13.1. The summed E-state index contributed by atoms with van der Waals surface area (Å²) in [5.74, 6) is 2.26. The standard InChI is InChI=1S/C25H26BrNO5/c1-14-5-15(2)10-27(9-14)11-20-21(28)4-3-19-23(29)22(32-25(19)20)8-16-6-18(26)7-17-12-30-13-31-24(16)17/h3-4,6-8,14-15,28H,5,9-13H2,1-2H3/b22-8-. The molecular weight excluding hydrogens is 474 g/mol. The van der Waals surface area contributed by atoms with Gasteiger partial charge in [-0.2, -0.15) is 0 Å². The average molecular weight is 500 g/mol. The lowest BCUT2D eigenvalue weighted by atomic mass is 9.91. The molecule has 0 saturated carbocycles. The van der Waals surface area contributed by atoms with E-state index in [9.17, 15) is 9.90 Å². The van der Waals surface area contributed by atoms with E-state index in [1.54, 1.807) is 12.1 Å². The number of likely N-dealkylation sites (tertiary alicyclic amines) is 1. The number of Topliss-reactive ketones (excluding diaryl/α,β-unsaturated/α-hetero) is 1. The first-order valence-electron chi connectivity index (χ1n) is 11.0. The quantitative estimate of drug-likeness (QED) is 0.657. The van der Waals surface area contributed by atoms with Gasteiger partial charge in [0.05, 0.1) is 25.3 Å². The summed E-state index contributed by atoms with van der Waals surface area (Å²) in [6, 6.07) is 6.91. The minimum Gasteiger partial charge on any atom is -0.872 e. The van der Waals surface area contributed by atoms with Crippen LogP contribution in [0.5, 0.6) is 17.2 Å². The van der Waals surface area contributed by atoms with Crippen LogP contribution in [0.4, 0.5) is 0 Å². The van der Waals surface area contributed by atoms with Gasteiger partial charge >= 0.3 is 0 Å². The van der Waals surface area contributed by atoms with E-state index in [-0.39, 0.29) is 24.1 Å². The molecule has 2 atom stereocenters. The Kier molecular flexibility index (Phi) is 5.73. The topological polar surface area (TPSA) is 72.3 Å². The van der Waals surface area contributed by atoms with E-state index >= 15 is 0 Å². The molecule has 1 saturated heterocycles. The number of benzene rings is 2. The normalized spacial score (nSPS) is 25.8. The van der Waals surface area contributed by atoms with Crippen LogP contribution in [-0.4, -0.2) is 25.7 Å². The van der Waals surface area contributed by atoms with Crippen molar-refractivity contribution in [3.05, 3.63) is 56.8 Å². The number of piperidine rings is 1. The number of hydrogen-bond donors (Lipinski definition) is 1. The van der Waals surface area contributed by atoms with Gasteiger partial charge in [-0.25, -0.2) is 0 Å². The molecule has 2 aromatic carbocycles. The van der Waals surface area contributed by atoms with Gasteiger partial charge in [0.2, 0.25) is 5.78 Å². The van der Waals surface area contributed by atoms with Crippen LogP contribution >= 0.6 is 15.9 Å². The van der Waals surface area contributed by atoms with Gasteiger partial charge in [0.25, 0.3) is 0 Å². The van der Waals surface area contributed by atoms with E-state index in [0.717, 1.165) is 28.7 Å². The second-order valence-electron chi connectivity index (χ2n) is 9.23. The van der Waals surface area contributed by atoms with Crippen LogP contribution < -0.4 is 19.5 Å². The molecule has 3 aliphatic heterocycles. The highest BCUT2D eigenvalue weighted by Crippen LogP contribution is 2.40. The van der Waals surface area contributed by atoms with Crippen molar-refractivity contribution in [2.45, 2.75) is 33.4 Å². The zero-order valence-corrected chi connectivity index (χ0v) is 19.8. The molecular formula is C25H26BrNO5. The summed E-state index contributed by atoms with van der Waals surface area (Å²) >= 11 is 3.51. The van der Waals surface area contributed by atoms with Gasteiger partial charge in [-0.1, -0.05) is 41.6 Å². The zero-order valence-electron chi connectivity index (χ0n) is 18.2. The lowest BCUT2D eigenvalue weighted by Gasteiger charge is -2.33. The van der Waals surface area contributed by atoms with Gasteiger partial charge in [-0.3, -0.25) is 4.79 Å². The number of ketones is 1. The zero-order chi connectivity index (χ0) is 22.4. The van der Waals surface area contributed by atoms with E-state index in [2.05, 4.69) is 29.8 Å². The summed E-state index contributed by atoms with van der Waals surface area (Å²) in [6.07, 6.45) is 2.91. The number of ether oxygens (including phenoxy) is 3. The Bertz CT molecular complexity index is 1100. The van der Waals surface area contributed by atoms with Crippen LogP contribution in [0.15, 0.2) is 34.5 Å². The maximum absolute atomic E-state index is 13.1. The van der Waals surface area contributed by atoms with Crippen molar-refractivity contribution in [1.29, 1.82) is 0 Å². The molecule has 5 rings (SSSR count). The molecule has 2 unspecified atom stereocenters. The fraction of sp³-hybridized carbons (Fsp3) is 0.400. The molecule has 0 radical (unpaired) electrons. The molecule has 0 aromatic heterocycles. The average Bonchev–Trinajstić information content (AvgIpc) is 3.05. The van der Waals surface area contributed by atoms with E-state index in [0.29, 0.717) is 47.6 Å². The first kappa shape index (κ1) is 21.5. The van der Waals surface area contributed by atoms with Crippen LogP contribution in [-0.2, 0) is 17.9 Å². The Morgan fingerprint density at radius 1 is 1.19 bits per heavy atom. The van der Waals surface area contributed by atoms with E-state index in [4.69, 9.17) is 14.2 Å². The molecule has 2 aromatic rings. The number of nitrogens with one attached hydrogen (secondary N) is 1. The lowest BCUT2D eigenvalue weighted by Crippen LogP contribution is -3.13. The van der Waals surface area contributed by atoms with Crippen molar-refractivity contribution in [1.82, 2.24) is 0 Å². The summed E-state index contributed by atoms with van der Waals surface area (Å²) < 4.78 is 18.0. The molecule has 0 bridgehead atoms. The molecule has 1 N–H and O–H groups in total. The second kappa shape index (κ2) is 8.54. The van der Waals surface area contributed by atoms with Crippen molar-refractivity contribution in [2.24, 2.45) is 11.8 Å². The summed E-state index contributed by atoms with van der Waals surface area (Å²) in [5, 5.41) is 12.8. The Morgan fingerprint density at radius 3 is 2.75 bits per heavy atom. The first-order valence-corrected chi connectivity index (χ1v) is 11.8. The molecule has 6 nitrogen and oxygen atoms in total. The largest absolute Gasteiger partial charge is 0.872 e. The third kappa shape index (κ3) is 4.05. The predicted molar refractivity (Wildman–Crippen MR) is 121 cm³/mol. The van der Waals surface area contributed by atoms with Gasteiger partial charge < -0.3 is 24.2 Å². The fourth-order valence-electron chi connectivity index (χ4n) is 5.23. The number of fused-ring (bicyclic) bond motifs is 2. The first-order chi connectivity index (χ1) is 15.4. The number of carbonyl (C=O) groups is 1. The van der Waals surface area contributed by atoms with Crippen LogP contribution in [0.3, 0.4) is 0 Å². The Morgan fingerprint density at radius 2 is 1.97 bits per heavy atom. The van der Waals surface area contributed by atoms with Gasteiger partial charge in [-0.15, -0.1) is 0 Å². The number of allylic oxidation sites excluding steroid dienone is 1. The van der Waals surface area contributed by atoms with E-state index < -0.39 is 0 Å². The highest BCUT2D eigenvalue weighted by Gasteiger charge is 2.33. The van der Waals surface area contributed by atoms with Gasteiger partial charge in [0, 0.05) is 33.0 Å². The molecule has 1 fully saturated rings. The minimum absolute atomic E-state index is 0.0727. The molecule has 7 heteroatoms. The van der Waals surface area contributed by atoms with Gasteiger partial charge in [0.15, 0.2) is 12.6 Å². The van der Waals surface area contributed by atoms with Crippen LogP contribution in [0, 0.1) is 11.8 Å². The molecule has 0 aliphatic carbocycles. The highest BCUT2D eigenvalue weighted by molar-refractivity contribution is 9.10. The van der Waals surface area contributed by atoms with Crippen LogP contribution in [0.1, 0.15) is 47.3 Å². The summed E-state index contributed by atoms with van der Waals surface area (Å²) in [5.41, 5.74) is 2.69. The second-order valence-corrected chi connectivity index (χ2v) is 10.1. The lowest BCUT2D eigenvalue weighted by molar-refractivity contribution is -0.925. The Balaban J connectivity index is 1.48. The van der Waals surface area contributed by atoms with Crippen molar-refractivity contribution in [2.75, 3.05) is 19.9 Å². The smallest absolute Gasteiger partial charge is 0.231 e. The SMILES string of the molecule is CC1CC(C)C[NH+](Cc2c([O-])ccc3c2O/C(=C\c2cc(Br)cc4c2OCOC4)C3=O)C1. The Hall–Kier alpha value is -2.35. The fourth-order valence-corrected chi connectivity index (χ4v) is 5.75. The van der Waals surface area contributed by atoms with Crippen LogP contribution in [0.2, 0.25) is 0 Å². The van der Waals surface area contributed by atoms with Crippen molar-refractivity contribution < 1.29 is 29.0 Å². The molecule has 3 heterocycles. The maximum Gasteiger partial charge on any atom is 0.231 e. The number of quaternary nitrogens is 1. The van der Waals surface area contributed by atoms with E-state index in [1.807, 2.05) is 12.1 Å². The predicted octanol–water partition coefficient (Wildman–Crippen LogP) is 3.07. The highest BCUT2D eigenvalue weighted by atomic mass is 79.9. The third-order valence-corrected chi connectivity index (χ3v) is 6.85. The number of hydrogen-bond acceptors (Lipinski definition) is 5. The summed E-state index contributed by atoms with van der Waals surface area (Å²) in [4.78, 5) is 14.5. The minimum atomic E-state index is -0.211.